The molecule has 3 aromatic carbocycles. The average molecular weight is 566 g/mol. The maximum atomic E-state index is 12.5. The number of hydrogen-bond acceptors (Lipinski definition) is 7. The standard InChI is InChI=1S/C30H26N2O6S.Na/c1-21(39(34,35)36)19-20-32-26(18-17-25-27(31-38-30(25)33)22-11-5-2-6-12-22)37-29(24-15-9-4-10-16-24)28(32)23-13-7-3-8-14-23;/h2-18,21H,19-20H2,1H3,(H,34,35,36);. The van der Waals surface area contributed by atoms with Crippen LogP contribution >= 0.6 is 0 Å². The molecule has 0 saturated heterocycles. The first-order valence-corrected chi connectivity index (χ1v) is 13.9. The van der Waals surface area contributed by atoms with E-state index in [1.54, 1.807) is 12.2 Å². The third kappa shape index (κ3) is 6.46. The molecular weight excluding hydrogens is 539 g/mol. The second-order valence-electron chi connectivity index (χ2n) is 9.05. The maximum absolute atomic E-state index is 12.5. The molecule has 5 rings (SSSR count). The Morgan fingerprint density at radius 2 is 1.43 bits per heavy atom. The molecule has 0 saturated carbocycles. The number of benzene rings is 3. The molecule has 0 aromatic heterocycles. The fourth-order valence-corrected chi connectivity index (χ4v) is 4.71. The molecule has 0 fully saturated rings. The molecule has 0 amide bonds. The first-order valence-electron chi connectivity index (χ1n) is 12.4. The Morgan fingerprint density at radius 3 is 2.00 bits per heavy atom. The summed E-state index contributed by atoms with van der Waals surface area (Å²) in [6.45, 7) is 1.68. The molecule has 1 unspecified atom stereocenters. The molecule has 0 bridgehead atoms. The normalized spacial score (nSPS) is 17.9. The molecule has 8 nitrogen and oxygen atoms in total. The van der Waals surface area contributed by atoms with E-state index in [2.05, 4.69) is 5.16 Å². The fourth-order valence-electron chi connectivity index (χ4n) is 4.30. The number of ether oxygens (including phenoxy) is 1. The minimum atomic E-state index is -4.22. The van der Waals surface area contributed by atoms with Crippen molar-refractivity contribution in [2.45, 2.75) is 18.6 Å². The van der Waals surface area contributed by atoms with E-state index in [0.29, 0.717) is 17.4 Å². The Labute approximate surface area is 255 Å². The van der Waals surface area contributed by atoms with Gasteiger partial charge in [-0.25, -0.2) is 4.79 Å². The number of hydrogen-bond donors (Lipinski definition) is 1. The first-order chi connectivity index (χ1) is 18.8. The number of oxime groups is 1. The number of rotatable bonds is 8. The SMILES string of the molecule is CC(CCN1C(=CC=C2C(=O)ON=C2c2ccccc2)OC(c2ccccc2)=C1c1ccccc1)S(=O)(=O)O.[Na]. The van der Waals surface area contributed by atoms with E-state index in [-0.39, 0.29) is 48.1 Å². The molecule has 1 atom stereocenters. The fraction of sp³-hybridized carbons (Fsp3) is 0.133. The number of allylic oxidation sites excluding steroid dienone is 2. The Kier molecular flexibility index (Phi) is 9.44. The molecule has 0 aliphatic carbocycles. The summed E-state index contributed by atoms with van der Waals surface area (Å²) in [5, 5.41) is 2.97. The van der Waals surface area contributed by atoms with Gasteiger partial charge < -0.3 is 14.5 Å². The van der Waals surface area contributed by atoms with Crippen LogP contribution in [0.5, 0.6) is 0 Å². The van der Waals surface area contributed by atoms with Crippen molar-refractivity contribution in [2.75, 3.05) is 6.54 Å². The molecule has 3 aromatic rings. The monoisotopic (exact) mass is 565 g/mol. The van der Waals surface area contributed by atoms with E-state index in [4.69, 9.17) is 9.57 Å². The van der Waals surface area contributed by atoms with Crippen molar-refractivity contribution >= 4 is 62.8 Å². The maximum Gasteiger partial charge on any atom is 0.368 e. The van der Waals surface area contributed by atoms with Crippen molar-refractivity contribution in [1.82, 2.24) is 4.90 Å². The summed E-state index contributed by atoms with van der Waals surface area (Å²) in [7, 11) is -4.22. The van der Waals surface area contributed by atoms with Gasteiger partial charge >= 0.3 is 5.97 Å². The first kappa shape index (κ1) is 29.5. The minimum Gasteiger partial charge on any atom is -0.438 e. The molecule has 40 heavy (non-hydrogen) atoms. The Bertz CT molecular complexity index is 1600. The van der Waals surface area contributed by atoms with Gasteiger partial charge in [-0.3, -0.25) is 4.55 Å². The predicted molar refractivity (Wildman–Crippen MR) is 154 cm³/mol. The minimum absolute atomic E-state index is 0. The van der Waals surface area contributed by atoms with Gasteiger partial charge in [0.25, 0.3) is 10.1 Å². The third-order valence-corrected chi connectivity index (χ3v) is 7.70. The van der Waals surface area contributed by atoms with Crippen molar-refractivity contribution in [2.24, 2.45) is 5.16 Å². The second-order valence-corrected chi connectivity index (χ2v) is 10.9. The van der Waals surface area contributed by atoms with Gasteiger partial charge in [-0.15, -0.1) is 0 Å². The number of nitrogens with zero attached hydrogens (tertiary/aromatic N) is 2. The van der Waals surface area contributed by atoms with Gasteiger partial charge in [-0.05, 0) is 25.5 Å². The van der Waals surface area contributed by atoms with Crippen molar-refractivity contribution in [1.29, 1.82) is 0 Å². The van der Waals surface area contributed by atoms with Crippen LogP contribution in [0.3, 0.4) is 0 Å². The van der Waals surface area contributed by atoms with Crippen LogP contribution < -0.4 is 0 Å². The number of carbonyl (C=O) groups is 1. The van der Waals surface area contributed by atoms with Crippen molar-refractivity contribution in [3.8, 4) is 0 Å². The van der Waals surface area contributed by atoms with Crippen molar-refractivity contribution in [3.63, 3.8) is 0 Å². The van der Waals surface area contributed by atoms with Gasteiger partial charge in [0.15, 0.2) is 5.76 Å². The van der Waals surface area contributed by atoms with Crippen molar-refractivity contribution < 1.29 is 27.3 Å². The van der Waals surface area contributed by atoms with Crippen LogP contribution in [0.1, 0.15) is 30.0 Å². The summed E-state index contributed by atoms with van der Waals surface area (Å²) in [4.78, 5) is 19.4. The molecule has 0 spiro atoms. The zero-order valence-corrected chi connectivity index (χ0v) is 24.9. The summed E-state index contributed by atoms with van der Waals surface area (Å²) in [6, 6.07) is 28.4. The van der Waals surface area contributed by atoms with Crippen LogP contribution in [-0.2, 0) is 24.5 Å². The Morgan fingerprint density at radius 1 is 0.875 bits per heavy atom. The van der Waals surface area contributed by atoms with E-state index in [0.717, 1.165) is 22.4 Å². The third-order valence-electron chi connectivity index (χ3n) is 6.44. The van der Waals surface area contributed by atoms with E-state index in [9.17, 15) is 17.8 Å². The van der Waals surface area contributed by atoms with E-state index in [1.165, 1.54) is 6.92 Å². The van der Waals surface area contributed by atoms with Gasteiger partial charge in [0, 0.05) is 52.8 Å². The topological polar surface area (TPSA) is 106 Å². The average Bonchev–Trinajstić information content (AvgIpc) is 3.51. The molecule has 10 heteroatoms. The van der Waals surface area contributed by atoms with Gasteiger partial charge in [-0.1, -0.05) is 96.2 Å². The van der Waals surface area contributed by atoms with Crippen LogP contribution in [0, 0.1) is 0 Å². The van der Waals surface area contributed by atoms with Gasteiger partial charge in [0.05, 0.1) is 16.5 Å². The van der Waals surface area contributed by atoms with Crippen LogP contribution in [-0.4, -0.2) is 70.9 Å². The molecule has 2 aliphatic rings. The van der Waals surface area contributed by atoms with E-state index in [1.807, 2.05) is 95.9 Å². The molecular formula is C30H26N2NaO6S. The molecule has 2 heterocycles. The number of carbonyl (C=O) groups excluding carboxylic acids is 1. The zero-order chi connectivity index (χ0) is 27.4. The largest absolute Gasteiger partial charge is 0.438 e. The van der Waals surface area contributed by atoms with Crippen LogP contribution in [0.25, 0.3) is 11.5 Å². The van der Waals surface area contributed by atoms with E-state index < -0.39 is 21.3 Å². The van der Waals surface area contributed by atoms with Gasteiger partial charge in [-0.2, -0.15) is 8.42 Å². The Hall–Kier alpha value is -3.47. The smallest absolute Gasteiger partial charge is 0.368 e. The summed E-state index contributed by atoms with van der Waals surface area (Å²) < 4.78 is 39.5. The van der Waals surface area contributed by atoms with Crippen LogP contribution in [0.4, 0.5) is 0 Å². The van der Waals surface area contributed by atoms with Crippen LogP contribution in [0.15, 0.2) is 120 Å². The summed E-state index contributed by atoms with van der Waals surface area (Å²) >= 11 is 0. The quantitative estimate of drug-likeness (QED) is 0.180. The predicted octanol–water partition coefficient (Wildman–Crippen LogP) is 4.86. The zero-order valence-electron chi connectivity index (χ0n) is 22.1. The second kappa shape index (κ2) is 12.8. The molecule has 1 N–H and O–H groups in total. The Balaban J connectivity index is 0.00000370. The van der Waals surface area contributed by atoms with Crippen LogP contribution in [0.2, 0.25) is 0 Å². The summed E-state index contributed by atoms with van der Waals surface area (Å²) in [6.07, 6.45) is 3.37. The molecule has 1 radical (unpaired) electrons. The van der Waals surface area contributed by atoms with Crippen molar-refractivity contribution in [3.05, 3.63) is 131 Å². The van der Waals surface area contributed by atoms with E-state index >= 15 is 0 Å². The summed E-state index contributed by atoms with van der Waals surface area (Å²) in [5.74, 6) is 0.376. The molecule has 2 aliphatic heterocycles. The summed E-state index contributed by atoms with van der Waals surface area (Å²) in [5.41, 5.74) is 3.82. The molecule has 199 valence electrons. The van der Waals surface area contributed by atoms with Gasteiger partial charge in [0.2, 0.25) is 5.88 Å². The van der Waals surface area contributed by atoms with Gasteiger partial charge in [0.1, 0.15) is 5.71 Å².